The highest BCUT2D eigenvalue weighted by Gasteiger charge is 2.12. The standard InChI is InChI=1S/C21H14N4/c1-14-5-4-8-19(23-14)21-24-18-7-3-2-6-17(18)20(25-21)16-11-9-15(13-22)10-12-16/h2-12H,1H3. The van der Waals surface area contributed by atoms with Gasteiger partial charge in [0.15, 0.2) is 5.82 Å². The fourth-order valence-electron chi connectivity index (χ4n) is 2.78. The molecule has 25 heavy (non-hydrogen) atoms. The maximum Gasteiger partial charge on any atom is 0.179 e. The highest BCUT2D eigenvalue weighted by molar-refractivity contribution is 5.93. The molecule has 0 atom stereocenters. The summed E-state index contributed by atoms with van der Waals surface area (Å²) < 4.78 is 0. The van der Waals surface area contributed by atoms with E-state index in [1.54, 1.807) is 12.1 Å². The quantitative estimate of drug-likeness (QED) is 0.543. The molecule has 4 heteroatoms. The number of hydrogen-bond acceptors (Lipinski definition) is 4. The van der Waals surface area contributed by atoms with Crippen molar-refractivity contribution in [2.45, 2.75) is 6.92 Å². The summed E-state index contributed by atoms with van der Waals surface area (Å²) in [5, 5.41) is 9.98. The molecule has 2 aromatic carbocycles. The number of hydrogen-bond donors (Lipinski definition) is 0. The van der Waals surface area contributed by atoms with Gasteiger partial charge in [0.1, 0.15) is 5.69 Å². The van der Waals surface area contributed by atoms with Crippen LogP contribution in [0.4, 0.5) is 0 Å². The lowest BCUT2D eigenvalue weighted by Crippen LogP contribution is -1.97. The number of aryl methyl sites for hydroxylation is 1. The molecular formula is C21H14N4. The number of fused-ring (bicyclic) bond motifs is 1. The first-order valence-corrected chi connectivity index (χ1v) is 7.96. The Bertz CT molecular complexity index is 1110. The third-order valence-electron chi connectivity index (χ3n) is 4.01. The van der Waals surface area contributed by atoms with Gasteiger partial charge in [0.05, 0.1) is 22.8 Å². The van der Waals surface area contributed by atoms with Gasteiger partial charge < -0.3 is 0 Å². The monoisotopic (exact) mass is 322 g/mol. The summed E-state index contributed by atoms with van der Waals surface area (Å²) in [6.45, 7) is 1.95. The summed E-state index contributed by atoms with van der Waals surface area (Å²) in [6, 6.07) is 23.3. The zero-order valence-corrected chi connectivity index (χ0v) is 13.6. The van der Waals surface area contributed by atoms with Crippen LogP contribution in [0.2, 0.25) is 0 Å². The van der Waals surface area contributed by atoms with E-state index >= 15 is 0 Å². The first kappa shape index (κ1) is 15.0. The molecule has 0 saturated carbocycles. The van der Waals surface area contributed by atoms with Crippen LogP contribution in [0, 0.1) is 18.3 Å². The first-order valence-electron chi connectivity index (χ1n) is 7.96. The van der Waals surface area contributed by atoms with E-state index in [0.717, 1.165) is 33.5 Å². The lowest BCUT2D eigenvalue weighted by Gasteiger charge is -2.09. The van der Waals surface area contributed by atoms with E-state index in [2.05, 4.69) is 16.0 Å². The average Bonchev–Trinajstić information content (AvgIpc) is 2.67. The van der Waals surface area contributed by atoms with Gasteiger partial charge in [-0.3, -0.25) is 0 Å². The van der Waals surface area contributed by atoms with Crippen LogP contribution in [0.5, 0.6) is 0 Å². The van der Waals surface area contributed by atoms with Crippen molar-refractivity contribution in [2.75, 3.05) is 0 Å². The molecular weight excluding hydrogens is 308 g/mol. The molecule has 0 radical (unpaired) electrons. The second kappa shape index (κ2) is 6.14. The predicted octanol–water partition coefficient (Wildman–Crippen LogP) is 4.54. The van der Waals surface area contributed by atoms with Crippen molar-refractivity contribution in [3.8, 4) is 28.8 Å². The summed E-state index contributed by atoms with van der Waals surface area (Å²) in [5.41, 5.74) is 4.97. The van der Waals surface area contributed by atoms with Crippen LogP contribution < -0.4 is 0 Å². The molecule has 4 nitrogen and oxygen atoms in total. The van der Waals surface area contributed by atoms with Crippen molar-refractivity contribution in [1.82, 2.24) is 15.0 Å². The number of nitriles is 1. The van der Waals surface area contributed by atoms with E-state index in [0.29, 0.717) is 11.4 Å². The number of para-hydroxylation sites is 1. The van der Waals surface area contributed by atoms with E-state index in [4.69, 9.17) is 10.2 Å². The first-order chi connectivity index (χ1) is 12.2. The minimum absolute atomic E-state index is 0.599. The molecule has 4 rings (SSSR count). The second-order valence-corrected chi connectivity index (χ2v) is 5.77. The Morgan fingerprint density at radius 2 is 1.60 bits per heavy atom. The van der Waals surface area contributed by atoms with Crippen molar-refractivity contribution in [3.63, 3.8) is 0 Å². The van der Waals surface area contributed by atoms with E-state index in [1.165, 1.54) is 0 Å². The predicted molar refractivity (Wildman–Crippen MR) is 97.7 cm³/mol. The highest BCUT2D eigenvalue weighted by atomic mass is 14.9. The van der Waals surface area contributed by atoms with Crippen LogP contribution in [-0.4, -0.2) is 15.0 Å². The molecule has 0 N–H and O–H groups in total. The highest BCUT2D eigenvalue weighted by Crippen LogP contribution is 2.28. The van der Waals surface area contributed by atoms with E-state index in [-0.39, 0.29) is 0 Å². The zero-order valence-electron chi connectivity index (χ0n) is 13.6. The van der Waals surface area contributed by atoms with Crippen LogP contribution in [-0.2, 0) is 0 Å². The van der Waals surface area contributed by atoms with Gasteiger partial charge in [0, 0.05) is 16.6 Å². The third-order valence-corrected chi connectivity index (χ3v) is 4.01. The van der Waals surface area contributed by atoms with Gasteiger partial charge in [-0.15, -0.1) is 0 Å². The lowest BCUT2D eigenvalue weighted by atomic mass is 10.0. The van der Waals surface area contributed by atoms with E-state index in [9.17, 15) is 0 Å². The van der Waals surface area contributed by atoms with E-state index in [1.807, 2.05) is 61.5 Å². The van der Waals surface area contributed by atoms with Gasteiger partial charge in [-0.05, 0) is 37.3 Å². The Morgan fingerprint density at radius 1 is 0.800 bits per heavy atom. The topological polar surface area (TPSA) is 62.5 Å². The second-order valence-electron chi connectivity index (χ2n) is 5.77. The summed E-state index contributed by atoms with van der Waals surface area (Å²) in [4.78, 5) is 14.0. The summed E-state index contributed by atoms with van der Waals surface area (Å²) in [5.74, 6) is 0.599. The van der Waals surface area contributed by atoms with Crippen LogP contribution in [0.25, 0.3) is 33.7 Å². The summed E-state index contributed by atoms with van der Waals surface area (Å²) >= 11 is 0. The smallest absolute Gasteiger partial charge is 0.179 e. The van der Waals surface area contributed by atoms with Crippen molar-refractivity contribution >= 4 is 10.9 Å². The van der Waals surface area contributed by atoms with Gasteiger partial charge in [-0.25, -0.2) is 15.0 Å². The minimum Gasteiger partial charge on any atom is -0.250 e. The molecule has 4 aromatic rings. The van der Waals surface area contributed by atoms with Gasteiger partial charge >= 0.3 is 0 Å². The summed E-state index contributed by atoms with van der Waals surface area (Å²) in [7, 11) is 0. The molecule has 0 aliphatic rings. The van der Waals surface area contributed by atoms with Crippen LogP contribution in [0.1, 0.15) is 11.3 Å². The Labute approximate surface area is 145 Å². The number of nitrogens with zero attached hydrogens (tertiary/aromatic N) is 4. The molecule has 0 bridgehead atoms. The maximum atomic E-state index is 9.01. The minimum atomic E-state index is 0.599. The number of benzene rings is 2. The zero-order chi connectivity index (χ0) is 17.2. The molecule has 0 amide bonds. The largest absolute Gasteiger partial charge is 0.250 e. The van der Waals surface area contributed by atoms with Gasteiger partial charge in [0.2, 0.25) is 0 Å². The molecule has 0 fully saturated rings. The van der Waals surface area contributed by atoms with Crippen molar-refractivity contribution < 1.29 is 0 Å². The molecule has 0 saturated heterocycles. The van der Waals surface area contributed by atoms with E-state index < -0.39 is 0 Å². The number of pyridine rings is 1. The van der Waals surface area contributed by atoms with Crippen molar-refractivity contribution in [2.24, 2.45) is 0 Å². The third kappa shape index (κ3) is 2.84. The van der Waals surface area contributed by atoms with Crippen LogP contribution in [0.15, 0.2) is 66.7 Å². The maximum absolute atomic E-state index is 9.01. The fraction of sp³-hybridized carbons (Fsp3) is 0.0476. The van der Waals surface area contributed by atoms with Crippen LogP contribution >= 0.6 is 0 Å². The molecule has 0 spiro atoms. The molecule has 118 valence electrons. The Balaban J connectivity index is 1.97. The van der Waals surface area contributed by atoms with Crippen LogP contribution in [0.3, 0.4) is 0 Å². The fourth-order valence-corrected chi connectivity index (χ4v) is 2.78. The van der Waals surface area contributed by atoms with Gasteiger partial charge in [0.25, 0.3) is 0 Å². The lowest BCUT2D eigenvalue weighted by molar-refractivity contribution is 1.14. The molecule has 0 unspecified atom stereocenters. The Hall–Kier alpha value is -3.58. The molecule has 0 aliphatic carbocycles. The summed E-state index contributed by atoms with van der Waals surface area (Å²) in [6.07, 6.45) is 0. The molecule has 0 aliphatic heterocycles. The molecule has 2 aromatic heterocycles. The average molecular weight is 322 g/mol. The van der Waals surface area contributed by atoms with Gasteiger partial charge in [-0.1, -0.05) is 36.4 Å². The number of aromatic nitrogens is 3. The van der Waals surface area contributed by atoms with Gasteiger partial charge in [-0.2, -0.15) is 5.26 Å². The Kier molecular flexibility index (Phi) is 3.68. The molecule has 2 heterocycles. The van der Waals surface area contributed by atoms with Crippen molar-refractivity contribution in [3.05, 3.63) is 78.0 Å². The Morgan fingerprint density at radius 3 is 2.36 bits per heavy atom. The number of rotatable bonds is 2. The normalized spacial score (nSPS) is 10.6. The van der Waals surface area contributed by atoms with Crippen molar-refractivity contribution in [1.29, 1.82) is 5.26 Å². The SMILES string of the molecule is Cc1cccc(-c2nc(-c3ccc(C#N)cc3)c3ccccc3n2)n1.